The summed E-state index contributed by atoms with van der Waals surface area (Å²) in [5, 5.41) is 12.0. The second-order valence-corrected chi connectivity index (χ2v) is 4.05. The zero-order chi connectivity index (χ0) is 10.6. The molecule has 0 aromatic rings. The molecule has 0 radical (unpaired) electrons. The van der Waals surface area contributed by atoms with Gasteiger partial charge in [-0.2, -0.15) is 0 Å². The van der Waals surface area contributed by atoms with E-state index in [2.05, 4.69) is 12.2 Å². The Hall–Kier alpha value is -0.610. The number of carboxylic acid groups (broad SMARTS) is 1. The number of carbonyl (C=O) groups is 1. The van der Waals surface area contributed by atoms with Crippen LogP contribution in [-0.4, -0.2) is 36.4 Å². The number of ether oxygens (including phenoxy) is 1. The number of aliphatic carboxylic acids is 1. The van der Waals surface area contributed by atoms with Crippen LogP contribution in [0.15, 0.2) is 0 Å². The third-order valence-electron chi connectivity index (χ3n) is 2.62. The van der Waals surface area contributed by atoms with E-state index in [0.717, 1.165) is 19.4 Å². The van der Waals surface area contributed by atoms with Gasteiger partial charge in [0.15, 0.2) is 0 Å². The average molecular weight is 201 g/mol. The minimum absolute atomic E-state index is 0.293. The minimum Gasteiger partial charge on any atom is -0.481 e. The molecule has 0 bridgehead atoms. The maximum Gasteiger partial charge on any atom is 0.307 e. The van der Waals surface area contributed by atoms with Gasteiger partial charge >= 0.3 is 5.97 Å². The predicted molar refractivity (Wildman–Crippen MR) is 53.2 cm³/mol. The Kier molecular flexibility index (Phi) is 4.35. The lowest BCUT2D eigenvalue weighted by molar-refractivity contribution is -0.141. The van der Waals surface area contributed by atoms with E-state index in [1.54, 1.807) is 6.92 Å². The molecule has 1 rings (SSSR count). The summed E-state index contributed by atoms with van der Waals surface area (Å²) in [4.78, 5) is 10.6. The molecule has 0 aliphatic carbocycles. The van der Waals surface area contributed by atoms with Crippen LogP contribution in [0, 0.1) is 5.92 Å². The Labute approximate surface area is 84.6 Å². The van der Waals surface area contributed by atoms with Crippen molar-refractivity contribution in [3.8, 4) is 0 Å². The molecule has 14 heavy (non-hydrogen) atoms. The first-order valence-electron chi connectivity index (χ1n) is 5.17. The SMILES string of the molecule is CC1CC(NCC(C)C(=O)O)CCO1. The van der Waals surface area contributed by atoms with Crippen LogP contribution in [-0.2, 0) is 9.53 Å². The summed E-state index contributed by atoms with van der Waals surface area (Å²) >= 11 is 0. The van der Waals surface area contributed by atoms with Crippen molar-refractivity contribution in [3.05, 3.63) is 0 Å². The van der Waals surface area contributed by atoms with E-state index in [9.17, 15) is 4.79 Å². The van der Waals surface area contributed by atoms with Crippen LogP contribution in [0.3, 0.4) is 0 Å². The zero-order valence-corrected chi connectivity index (χ0v) is 8.82. The quantitative estimate of drug-likeness (QED) is 0.708. The van der Waals surface area contributed by atoms with Crippen LogP contribution in [0.25, 0.3) is 0 Å². The summed E-state index contributed by atoms with van der Waals surface area (Å²) in [5.41, 5.74) is 0. The molecule has 1 fully saturated rings. The van der Waals surface area contributed by atoms with Crippen molar-refractivity contribution in [2.75, 3.05) is 13.2 Å². The Morgan fingerprint density at radius 1 is 1.71 bits per heavy atom. The molecule has 2 N–H and O–H groups in total. The molecule has 1 aliphatic rings. The average Bonchev–Trinajstić information content (AvgIpc) is 2.14. The lowest BCUT2D eigenvalue weighted by Crippen LogP contribution is -2.40. The first-order valence-corrected chi connectivity index (χ1v) is 5.17. The van der Waals surface area contributed by atoms with Crippen molar-refractivity contribution >= 4 is 5.97 Å². The van der Waals surface area contributed by atoms with Gasteiger partial charge in [0.2, 0.25) is 0 Å². The topological polar surface area (TPSA) is 58.6 Å². The van der Waals surface area contributed by atoms with Gasteiger partial charge in [0.1, 0.15) is 0 Å². The van der Waals surface area contributed by atoms with Crippen molar-refractivity contribution in [2.24, 2.45) is 5.92 Å². The van der Waals surface area contributed by atoms with Crippen LogP contribution in [0.1, 0.15) is 26.7 Å². The lowest BCUT2D eigenvalue weighted by atomic mass is 10.0. The van der Waals surface area contributed by atoms with Gasteiger partial charge in [-0.3, -0.25) is 4.79 Å². The summed E-state index contributed by atoms with van der Waals surface area (Å²) < 4.78 is 5.41. The molecule has 1 saturated heterocycles. The fourth-order valence-electron chi connectivity index (χ4n) is 1.61. The van der Waals surface area contributed by atoms with E-state index in [1.165, 1.54) is 0 Å². The molecule has 82 valence electrons. The highest BCUT2D eigenvalue weighted by molar-refractivity contribution is 5.69. The third kappa shape index (κ3) is 3.64. The highest BCUT2D eigenvalue weighted by Crippen LogP contribution is 2.13. The summed E-state index contributed by atoms with van der Waals surface area (Å²) in [7, 11) is 0. The molecule has 0 saturated carbocycles. The number of hydrogen-bond donors (Lipinski definition) is 2. The van der Waals surface area contributed by atoms with E-state index in [4.69, 9.17) is 9.84 Å². The van der Waals surface area contributed by atoms with Gasteiger partial charge in [0.25, 0.3) is 0 Å². The van der Waals surface area contributed by atoms with Crippen LogP contribution in [0.4, 0.5) is 0 Å². The standard InChI is InChI=1S/C10H19NO3/c1-7(10(12)13)6-11-9-3-4-14-8(2)5-9/h7-9,11H,3-6H2,1-2H3,(H,12,13). The Morgan fingerprint density at radius 2 is 2.43 bits per heavy atom. The highest BCUT2D eigenvalue weighted by Gasteiger charge is 2.20. The fourth-order valence-corrected chi connectivity index (χ4v) is 1.61. The number of nitrogens with one attached hydrogen (secondary N) is 1. The Morgan fingerprint density at radius 3 is 3.00 bits per heavy atom. The summed E-state index contributed by atoms with van der Waals surface area (Å²) in [5.74, 6) is -1.05. The van der Waals surface area contributed by atoms with Crippen LogP contribution in [0.2, 0.25) is 0 Å². The zero-order valence-electron chi connectivity index (χ0n) is 8.82. The molecule has 0 aromatic carbocycles. The second kappa shape index (κ2) is 5.32. The minimum atomic E-state index is -0.738. The second-order valence-electron chi connectivity index (χ2n) is 4.05. The summed E-state index contributed by atoms with van der Waals surface area (Å²) in [6.07, 6.45) is 2.25. The molecule has 0 amide bonds. The van der Waals surface area contributed by atoms with Gasteiger partial charge in [0.05, 0.1) is 12.0 Å². The maximum absolute atomic E-state index is 10.6. The Bertz CT molecular complexity index is 196. The third-order valence-corrected chi connectivity index (χ3v) is 2.62. The van der Waals surface area contributed by atoms with Gasteiger partial charge in [-0.05, 0) is 19.8 Å². The first kappa shape index (κ1) is 11.5. The molecule has 1 heterocycles. The molecule has 0 spiro atoms. The maximum atomic E-state index is 10.6. The van der Waals surface area contributed by atoms with Gasteiger partial charge in [-0.1, -0.05) is 6.92 Å². The number of carboxylic acids is 1. The highest BCUT2D eigenvalue weighted by atomic mass is 16.5. The molecule has 3 atom stereocenters. The summed E-state index contributed by atoms with van der Waals surface area (Å²) in [6, 6.07) is 0.417. The van der Waals surface area contributed by atoms with Crippen molar-refractivity contribution in [3.63, 3.8) is 0 Å². The van der Waals surface area contributed by atoms with Crippen LogP contribution < -0.4 is 5.32 Å². The molecule has 0 aromatic heterocycles. The van der Waals surface area contributed by atoms with Crippen LogP contribution in [0.5, 0.6) is 0 Å². The molecule has 1 aliphatic heterocycles. The van der Waals surface area contributed by atoms with E-state index in [1.807, 2.05) is 0 Å². The number of rotatable bonds is 4. The normalized spacial score (nSPS) is 29.9. The smallest absolute Gasteiger partial charge is 0.307 e. The monoisotopic (exact) mass is 201 g/mol. The Balaban J connectivity index is 2.20. The van der Waals surface area contributed by atoms with E-state index < -0.39 is 5.97 Å². The van der Waals surface area contributed by atoms with Crippen molar-refractivity contribution in [1.82, 2.24) is 5.32 Å². The van der Waals surface area contributed by atoms with Crippen molar-refractivity contribution in [1.29, 1.82) is 0 Å². The fraction of sp³-hybridized carbons (Fsp3) is 0.900. The van der Waals surface area contributed by atoms with Crippen molar-refractivity contribution < 1.29 is 14.6 Å². The molecule has 4 heteroatoms. The number of hydrogen-bond acceptors (Lipinski definition) is 3. The molecular weight excluding hydrogens is 182 g/mol. The van der Waals surface area contributed by atoms with Gasteiger partial charge in [-0.25, -0.2) is 0 Å². The molecule has 4 nitrogen and oxygen atoms in total. The van der Waals surface area contributed by atoms with Gasteiger partial charge in [-0.15, -0.1) is 0 Å². The predicted octanol–water partition coefficient (Wildman–Crippen LogP) is 0.864. The largest absolute Gasteiger partial charge is 0.481 e. The van der Waals surface area contributed by atoms with E-state index in [0.29, 0.717) is 18.7 Å². The van der Waals surface area contributed by atoms with Gasteiger partial charge < -0.3 is 15.2 Å². The molecular formula is C10H19NO3. The van der Waals surface area contributed by atoms with Gasteiger partial charge in [0, 0.05) is 19.2 Å². The first-order chi connectivity index (χ1) is 6.59. The van der Waals surface area contributed by atoms with E-state index in [-0.39, 0.29) is 5.92 Å². The van der Waals surface area contributed by atoms with Crippen molar-refractivity contribution in [2.45, 2.75) is 38.8 Å². The lowest BCUT2D eigenvalue weighted by Gasteiger charge is -2.28. The van der Waals surface area contributed by atoms with Crippen LogP contribution >= 0.6 is 0 Å². The summed E-state index contributed by atoms with van der Waals surface area (Å²) in [6.45, 7) is 5.10. The molecule has 3 unspecified atom stereocenters. The van der Waals surface area contributed by atoms with E-state index >= 15 is 0 Å².